The van der Waals surface area contributed by atoms with Crippen molar-refractivity contribution in [3.8, 4) is 22.8 Å². The van der Waals surface area contributed by atoms with E-state index in [1.54, 1.807) is 0 Å². The SMILES string of the molecule is CNc1nc(-c2ccc3c(c2)OCO3)c(/C(C)=C/C(=O)OC)s1. The predicted octanol–water partition coefficient (Wildman–Crippen LogP) is 3.16. The van der Waals surface area contributed by atoms with Crippen molar-refractivity contribution >= 4 is 28.0 Å². The Balaban J connectivity index is 2.06. The van der Waals surface area contributed by atoms with Gasteiger partial charge in [-0.25, -0.2) is 9.78 Å². The summed E-state index contributed by atoms with van der Waals surface area (Å²) >= 11 is 1.48. The number of allylic oxidation sites excluding steroid dienone is 1. The van der Waals surface area contributed by atoms with Gasteiger partial charge in [0.25, 0.3) is 0 Å². The average molecular weight is 332 g/mol. The molecule has 1 aliphatic rings. The van der Waals surface area contributed by atoms with Gasteiger partial charge in [-0.1, -0.05) is 11.3 Å². The number of anilines is 1. The molecule has 0 saturated heterocycles. The minimum absolute atomic E-state index is 0.228. The molecule has 120 valence electrons. The summed E-state index contributed by atoms with van der Waals surface area (Å²) in [7, 11) is 3.17. The molecule has 0 spiro atoms. The quantitative estimate of drug-likeness (QED) is 0.685. The highest BCUT2D eigenvalue weighted by molar-refractivity contribution is 7.17. The van der Waals surface area contributed by atoms with Gasteiger partial charge in [-0.3, -0.25) is 0 Å². The summed E-state index contributed by atoms with van der Waals surface area (Å²) in [5.41, 5.74) is 2.48. The molecule has 0 fully saturated rings. The number of esters is 1. The highest BCUT2D eigenvalue weighted by Crippen LogP contribution is 2.40. The van der Waals surface area contributed by atoms with Crippen LogP contribution in [-0.2, 0) is 9.53 Å². The average Bonchev–Trinajstić information content (AvgIpc) is 3.20. The number of thiazole rings is 1. The Kier molecular flexibility index (Phi) is 4.20. The zero-order chi connectivity index (χ0) is 16.4. The molecule has 7 heteroatoms. The lowest BCUT2D eigenvalue weighted by atomic mass is 10.1. The van der Waals surface area contributed by atoms with E-state index in [4.69, 9.17) is 14.2 Å². The Hall–Kier alpha value is -2.54. The molecule has 0 atom stereocenters. The lowest BCUT2D eigenvalue weighted by Crippen LogP contribution is -1.95. The van der Waals surface area contributed by atoms with Crippen molar-refractivity contribution in [2.45, 2.75) is 6.92 Å². The van der Waals surface area contributed by atoms with Gasteiger partial charge in [-0.05, 0) is 30.7 Å². The van der Waals surface area contributed by atoms with Crippen molar-refractivity contribution in [2.24, 2.45) is 0 Å². The van der Waals surface area contributed by atoms with Gasteiger partial charge in [0, 0.05) is 18.7 Å². The Labute approximate surface area is 137 Å². The van der Waals surface area contributed by atoms with Crippen LogP contribution in [0.1, 0.15) is 11.8 Å². The Morgan fingerprint density at radius 3 is 2.91 bits per heavy atom. The van der Waals surface area contributed by atoms with Gasteiger partial charge in [0.05, 0.1) is 17.7 Å². The number of aromatic nitrogens is 1. The molecular formula is C16H16N2O4S. The number of hydrogen-bond acceptors (Lipinski definition) is 7. The van der Waals surface area contributed by atoms with Gasteiger partial charge in [0.1, 0.15) is 0 Å². The van der Waals surface area contributed by atoms with Crippen molar-refractivity contribution in [3.63, 3.8) is 0 Å². The van der Waals surface area contributed by atoms with Crippen molar-refractivity contribution in [1.82, 2.24) is 4.98 Å². The number of carbonyl (C=O) groups is 1. The van der Waals surface area contributed by atoms with Crippen molar-refractivity contribution in [2.75, 3.05) is 26.3 Å². The van der Waals surface area contributed by atoms with Crippen LogP contribution in [-0.4, -0.2) is 31.9 Å². The number of nitrogens with zero attached hydrogens (tertiary/aromatic N) is 1. The topological polar surface area (TPSA) is 69.7 Å². The molecule has 6 nitrogen and oxygen atoms in total. The molecule has 2 aromatic rings. The minimum atomic E-state index is -0.390. The Morgan fingerprint density at radius 1 is 1.39 bits per heavy atom. The lowest BCUT2D eigenvalue weighted by molar-refractivity contribution is -0.134. The summed E-state index contributed by atoms with van der Waals surface area (Å²) in [6, 6.07) is 5.68. The second-order valence-corrected chi connectivity index (χ2v) is 5.86. The first kappa shape index (κ1) is 15.4. The number of methoxy groups -OCH3 is 1. The molecule has 3 rings (SSSR count). The van der Waals surface area contributed by atoms with E-state index in [2.05, 4.69) is 10.3 Å². The molecule has 1 N–H and O–H groups in total. The third-order valence-corrected chi connectivity index (χ3v) is 4.59. The summed E-state index contributed by atoms with van der Waals surface area (Å²) < 4.78 is 15.5. The Morgan fingerprint density at radius 2 is 2.17 bits per heavy atom. The summed E-state index contributed by atoms with van der Waals surface area (Å²) in [6.45, 7) is 2.09. The molecular weight excluding hydrogens is 316 g/mol. The van der Waals surface area contributed by atoms with Crippen LogP contribution in [0.25, 0.3) is 16.8 Å². The third-order valence-electron chi connectivity index (χ3n) is 3.38. The number of fused-ring (bicyclic) bond motifs is 1. The van der Waals surface area contributed by atoms with Gasteiger partial charge in [-0.15, -0.1) is 0 Å². The van der Waals surface area contributed by atoms with E-state index in [0.29, 0.717) is 5.75 Å². The first-order valence-electron chi connectivity index (χ1n) is 6.97. The molecule has 1 aromatic heterocycles. The number of nitrogens with one attached hydrogen (secondary N) is 1. The molecule has 0 unspecified atom stereocenters. The van der Waals surface area contributed by atoms with E-state index in [0.717, 1.165) is 32.6 Å². The number of hydrogen-bond donors (Lipinski definition) is 1. The molecule has 0 radical (unpaired) electrons. The molecule has 1 aliphatic heterocycles. The molecule has 23 heavy (non-hydrogen) atoms. The molecule has 1 aromatic carbocycles. The van der Waals surface area contributed by atoms with Gasteiger partial charge >= 0.3 is 5.97 Å². The van der Waals surface area contributed by atoms with Gasteiger partial charge in [-0.2, -0.15) is 0 Å². The number of ether oxygens (including phenoxy) is 3. The van der Waals surface area contributed by atoms with Crippen molar-refractivity contribution in [1.29, 1.82) is 0 Å². The normalized spacial score (nSPS) is 13.1. The number of carbonyl (C=O) groups excluding carboxylic acids is 1. The largest absolute Gasteiger partial charge is 0.466 e. The smallest absolute Gasteiger partial charge is 0.330 e. The van der Waals surface area contributed by atoms with Crippen LogP contribution < -0.4 is 14.8 Å². The van der Waals surface area contributed by atoms with Crippen LogP contribution in [0.3, 0.4) is 0 Å². The van der Waals surface area contributed by atoms with Crippen LogP contribution in [0.2, 0.25) is 0 Å². The lowest BCUT2D eigenvalue weighted by Gasteiger charge is -2.04. The van der Waals surface area contributed by atoms with E-state index < -0.39 is 5.97 Å². The van der Waals surface area contributed by atoms with Gasteiger partial charge < -0.3 is 19.5 Å². The van der Waals surface area contributed by atoms with Crippen LogP contribution in [0.5, 0.6) is 11.5 Å². The predicted molar refractivity (Wildman–Crippen MR) is 88.9 cm³/mol. The van der Waals surface area contributed by atoms with E-state index in [1.165, 1.54) is 24.5 Å². The third kappa shape index (κ3) is 3.00. The maximum absolute atomic E-state index is 11.5. The van der Waals surface area contributed by atoms with E-state index in [-0.39, 0.29) is 6.79 Å². The van der Waals surface area contributed by atoms with Gasteiger partial charge in [0.2, 0.25) is 6.79 Å². The summed E-state index contributed by atoms with van der Waals surface area (Å²) in [5.74, 6) is 1.03. The van der Waals surface area contributed by atoms with Crippen molar-refractivity contribution < 1.29 is 19.0 Å². The van der Waals surface area contributed by atoms with E-state index >= 15 is 0 Å². The highest BCUT2D eigenvalue weighted by atomic mass is 32.1. The number of rotatable bonds is 4. The van der Waals surface area contributed by atoms with Crippen LogP contribution >= 0.6 is 11.3 Å². The molecule has 0 saturated carbocycles. The summed E-state index contributed by atoms with van der Waals surface area (Å²) in [4.78, 5) is 17.0. The number of benzene rings is 1. The molecule has 0 amide bonds. The van der Waals surface area contributed by atoms with Crippen molar-refractivity contribution in [3.05, 3.63) is 29.2 Å². The fourth-order valence-corrected chi connectivity index (χ4v) is 3.15. The summed E-state index contributed by atoms with van der Waals surface area (Å²) in [6.07, 6.45) is 1.46. The minimum Gasteiger partial charge on any atom is -0.466 e. The fraction of sp³-hybridized carbons (Fsp3) is 0.250. The first-order chi connectivity index (χ1) is 11.1. The van der Waals surface area contributed by atoms with Crippen LogP contribution in [0.15, 0.2) is 24.3 Å². The first-order valence-corrected chi connectivity index (χ1v) is 7.79. The fourth-order valence-electron chi connectivity index (χ4n) is 2.24. The van der Waals surface area contributed by atoms with E-state index in [1.807, 2.05) is 32.2 Å². The standard InChI is InChI=1S/C16H16N2O4S/c1-9(6-13(19)20-3)15-14(18-16(17-2)23-15)10-4-5-11-12(7-10)22-8-21-11/h4-7H,8H2,1-3H3,(H,17,18)/b9-6+. The second-order valence-electron chi connectivity index (χ2n) is 4.87. The molecule has 0 bridgehead atoms. The Bertz CT molecular complexity index is 782. The van der Waals surface area contributed by atoms with Crippen LogP contribution in [0.4, 0.5) is 5.13 Å². The zero-order valence-corrected chi connectivity index (χ0v) is 13.8. The maximum atomic E-state index is 11.5. The van der Waals surface area contributed by atoms with Crippen LogP contribution in [0, 0.1) is 0 Å². The highest BCUT2D eigenvalue weighted by Gasteiger charge is 2.19. The zero-order valence-electron chi connectivity index (χ0n) is 13.0. The monoisotopic (exact) mass is 332 g/mol. The summed E-state index contributed by atoms with van der Waals surface area (Å²) in [5, 5.41) is 3.81. The molecule has 0 aliphatic carbocycles. The second kappa shape index (κ2) is 6.29. The van der Waals surface area contributed by atoms with E-state index in [9.17, 15) is 4.79 Å². The maximum Gasteiger partial charge on any atom is 0.330 e. The molecule has 2 heterocycles. The van der Waals surface area contributed by atoms with Gasteiger partial charge in [0.15, 0.2) is 16.6 Å².